The second kappa shape index (κ2) is 19.0. The number of nitrogens with one attached hydrogen (secondary N) is 5. The fourth-order valence-electron chi connectivity index (χ4n) is 6.56. The molecule has 0 aromatic heterocycles. The van der Waals surface area contributed by atoms with E-state index in [0.29, 0.717) is 13.0 Å². The van der Waals surface area contributed by atoms with Crippen LogP contribution in [0.5, 0.6) is 0 Å². The average molecular weight is 714 g/mol. The lowest BCUT2D eigenvalue weighted by Crippen LogP contribution is -2.65. The third-order valence-electron chi connectivity index (χ3n) is 11.5. The molecule has 0 aliphatic rings. The number of nitrogens with two attached hydrogens (primary N) is 4. The lowest BCUT2D eigenvalue weighted by molar-refractivity contribution is -0.134. The van der Waals surface area contributed by atoms with Crippen LogP contribution in [-0.4, -0.2) is 145 Å². The molecule has 0 heterocycles. The summed E-state index contributed by atoms with van der Waals surface area (Å²) >= 11 is 0. The van der Waals surface area contributed by atoms with Crippen LogP contribution in [0.1, 0.15) is 30.4 Å². The highest BCUT2D eigenvalue weighted by atomic mass is 16.2. The van der Waals surface area contributed by atoms with Crippen molar-refractivity contribution in [3.8, 4) is 0 Å². The lowest BCUT2D eigenvalue weighted by Gasteiger charge is -2.47. The molecule has 0 aliphatic carbocycles. The number of hydrogen-bond donors (Lipinski definition) is 9. The Bertz CT molecular complexity index is 1640. The molecule has 0 fully saturated rings. The molecule has 0 saturated carbocycles. The van der Waals surface area contributed by atoms with Crippen LogP contribution in [0.3, 0.4) is 0 Å². The molecule has 13 nitrogen and oxygen atoms in total. The smallest absolute Gasteiger partial charge is 0.243 e. The first-order valence-corrected chi connectivity index (χ1v) is 18.3. The van der Waals surface area contributed by atoms with Gasteiger partial charge in [0.2, 0.25) is 23.6 Å². The van der Waals surface area contributed by atoms with Crippen molar-refractivity contribution >= 4 is 135 Å². The van der Waals surface area contributed by atoms with Gasteiger partial charge in [0.15, 0.2) is 5.96 Å². The summed E-state index contributed by atoms with van der Waals surface area (Å²) in [6.07, 6.45) is 1.08. The summed E-state index contributed by atoms with van der Waals surface area (Å²) in [4.78, 5) is 55.1. The molecule has 0 aliphatic heterocycles. The number of hydrogen-bond acceptors (Lipinski definition) is 7. The predicted octanol–water partition coefficient (Wildman–Crippen LogP) is -14.6. The average Bonchev–Trinajstić information content (AvgIpc) is 3.08. The molecular formula is C30H55B10N9O4. The van der Waals surface area contributed by atoms with Crippen molar-refractivity contribution in [1.82, 2.24) is 21.3 Å². The van der Waals surface area contributed by atoms with Gasteiger partial charge in [0, 0.05) is 13.0 Å². The Kier molecular flexibility index (Phi) is 16.2. The quantitative estimate of drug-likeness (QED) is 0.0292. The molecule has 23 heteroatoms. The van der Waals surface area contributed by atoms with E-state index in [9.17, 15) is 19.2 Å². The van der Waals surface area contributed by atoms with E-state index in [1.54, 1.807) is 7.85 Å². The van der Waals surface area contributed by atoms with Gasteiger partial charge in [-0.2, -0.15) is 0 Å². The molecule has 4 amide bonds. The Morgan fingerprint density at radius 3 is 1.77 bits per heavy atom. The lowest BCUT2D eigenvalue weighted by atomic mass is 9.27. The molecule has 53 heavy (non-hydrogen) atoms. The third kappa shape index (κ3) is 12.1. The molecule has 2 aromatic rings. The summed E-state index contributed by atoms with van der Waals surface area (Å²) in [7, 11) is 19.6. The van der Waals surface area contributed by atoms with Gasteiger partial charge < -0.3 is 44.2 Å². The van der Waals surface area contributed by atoms with Crippen molar-refractivity contribution in [2.45, 2.75) is 66.1 Å². The molecule has 2 rings (SSSR count). The molecule has 274 valence electrons. The summed E-state index contributed by atoms with van der Waals surface area (Å²) in [6.45, 7) is 0.622. The van der Waals surface area contributed by atoms with E-state index in [4.69, 9.17) is 28.3 Å². The van der Waals surface area contributed by atoms with Gasteiger partial charge in [-0.15, -0.1) is 16.4 Å². The number of guanidine groups is 1. The van der Waals surface area contributed by atoms with Crippen molar-refractivity contribution in [1.29, 1.82) is 5.41 Å². The molecule has 0 unspecified atom stereocenters. The molecule has 2 aromatic carbocycles. The topological polar surface area (TPSA) is 244 Å². The highest BCUT2D eigenvalue weighted by Gasteiger charge is 2.45. The Morgan fingerprint density at radius 2 is 1.26 bits per heavy atom. The zero-order valence-electron chi connectivity index (χ0n) is 33.5. The highest BCUT2D eigenvalue weighted by molar-refractivity contribution is 6.67. The monoisotopic (exact) mass is 716 g/mol. The van der Waals surface area contributed by atoms with Crippen LogP contribution in [0.25, 0.3) is 0 Å². The highest BCUT2D eigenvalue weighted by Crippen LogP contribution is 2.45. The van der Waals surface area contributed by atoms with E-state index < -0.39 is 57.6 Å². The largest absolute Gasteiger partial charge is 0.370 e. The number of primary amides is 1. The van der Waals surface area contributed by atoms with E-state index >= 15 is 0 Å². The maximum Gasteiger partial charge on any atom is 0.243 e. The van der Waals surface area contributed by atoms with E-state index in [1.165, 1.54) is 0 Å². The SMILES string of the molecule is Bc1c(B)c(B)c(C[C@H](NC(=O)[C@@H](CCCNC(=N)N)NC(=O)[C@@H](N)Cc2ccccc2)C(=O)N[C@@](B)(CC(B)(B)C(B)(B)CN)C(N)=O)c(B)c1B. The molecule has 0 spiro atoms. The van der Waals surface area contributed by atoms with Crippen LogP contribution in [0.15, 0.2) is 30.3 Å². The normalized spacial score (nSPS) is 14.5. The van der Waals surface area contributed by atoms with Gasteiger partial charge in [0.25, 0.3) is 0 Å². The minimum atomic E-state index is -1.49. The summed E-state index contributed by atoms with van der Waals surface area (Å²) in [6, 6.07) is 6.13. The predicted molar refractivity (Wildman–Crippen MR) is 244 cm³/mol. The van der Waals surface area contributed by atoms with E-state index in [-0.39, 0.29) is 38.2 Å². The van der Waals surface area contributed by atoms with Gasteiger partial charge in [-0.05, 0) is 37.8 Å². The summed E-state index contributed by atoms with van der Waals surface area (Å²) in [5, 5.41) is 17.9. The summed E-state index contributed by atoms with van der Waals surface area (Å²) in [5.41, 5.74) is 29.4. The van der Waals surface area contributed by atoms with Crippen molar-refractivity contribution in [2.24, 2.45) is 22.9 Å². The number of carbonyl (C=O) groups excluding carboxylic acids is 4. The van der Waals surface area contributed by atoms with Crippen molar-refractivity contribution in [3.63, 3.8) is 0 Å². The molecular weight excluding hydrogens is 659 g/mol. The van der Waals surface area contributed by atoms with Gasteiger partial charge >= 0.3 is 0 Å². The number of carbonyl (C=O) groups is 4. The summed E-state index contributed by atoms with van der Waals surface area (Å²) < 4.78 is 0. The van der Waals surface area contributed by atoms with Crippen LogP contribution < -0.4 is 71.5 Å². The van der Waals surface area contributed by atoms with Crippen LogP contribution in [0.2, 0.25) is 10.4 Å². The Labute approximate surface area is 323 Å². The second-order valence-electron chi connectivity index (χ2n) is 16.0. The van der Waals surface area contributed by atoms with E-state index in [1.807, 2.05) is 93.1 Å². The van der Waals surface area contributed by atoms with Crippen molar-refractivity contribution < 1.29 is 19.2 Å². The molecule has 0 saturated heterocycles. The number of benzene rings is 2. The first-order valence-electron chi connectivity index (χ1n) is 18.3. The first-order chi connectivity index (χ1) is 24.5. The molecule has 0 bridgehead atoms. The zero-order chi connectivity index (χ0) is 40.5. The van der Waals surface area contributed by atoms with Crippen LogP contribution in [0, 0.1) is 5.41 Å². The van der Waals surface area contributed by atoms with Gasteiger partial charge in [-0.1, -0.05) is 57.2 Å². The Morgan fingerprint density at radius 1 is 0.736 bits per heavy atom. The van der Waals surface area contributed by atoms with E-state index in [0.717, 1.165) is 38.4 Å². The van der Waals surface area contributed by atoms with Crippen molar-refractivity contribution in [3.05, 3.63) is 41.5 Å². The zero-order valence-corrected chi connectivity index (χ0v) is 33.5. The van der Waals surface area contributed by atoms with E-state index in [2.05, 4.69) is 29.1 Å². The van der Waals surface area contributed by atoms with Crippen LogP contribution >= 0.6 is 0 Å². The second-order valence-corrected chi connectivity index (χ2v) is 16.0. The minimum absolute atomic E-state index is 0.115. The maximum absolute atomic E-state index is 14.4. The van der Waals surface area contributed by atoms with Gasteiger partial charge in [0.1, 0.15) is 59.2 Å². The van der Waals surface area contributed by atoms with Crippen LogP contribution in [-0.2, 0) is 32.0 Å². The Hall–Kier alpha value is -3.84. The Balaban J connectivity index is 2.55. The van der Waals surface area contributed by atoms with Crippen molar-refractivity contribution in [2.75, 3.05) is 13.1 Å². The standard InChI is InChI=1S/C30H55B10N9O4/c31-18-14(19(32)21(34)22(35)20(18)33)10-17(25(52)49-28(36,26(43)53)11-29(37,38)30(39,40)12-41)48-24(51)16(7-4-8-46-27(44)45)47-23(50)15(42)9-13-5-2-1-3-6-13/h1-3,5-6,15-17H,4,7-12,31-42H2,(H2,43,53)(H,47,50)(H,48,51)(H,49,52)(H4,44,45,46)/t15-,16+,17-,28-/m0/s1. The minimum Gasteiger partial charge on any atom is -0.370 e. The molecule has 0 radical (unpaired) electrons. The van der Waals surface area contributed by atoms with Crippen LogP contribution in [0.4, 0.5) is 0 Å². The summed E-state index contributed by atoms with van der Waals surface area (Å²) in [5.74, 6) is -2.67. The number of rotatable bonds is 19. The molecule has 4 atom stereocenters. The third-order valence-corrected chi connectivity index (χ3v) is 11.5. The van der Waals surface area contributed by atoms with Gasteiger partial charge in [-0.3, -0.25) is 24.6 Å². The fourth-order valence-corrected chi connectivity index (χ4v) is 6.56. The first kappa shape index (κ1) is 45.3. The van der Waals surface area contributed by atoms with Gasteiger partial charge in [0.05, 0.1) is 42.9 Å². The maximum atomic E-state index is 14.4. The number of amides is 4. The fraction of sp³-hybridized carbons (Fsp3) is 0.433. The molecule has 13 N–H and O–H groups in total. The van der Waals surface area contributed by atoms with Gasteiger partial charge in [-0.25, -0.2) is 0 Å².